The Morgan fingerprint density at radius 1 is 1.06 bits per heavy atom. The van der Waals surface area contributed by atoms with Gasteiger partial charge in [-0.1, -0.05) is 24.3 Å². The van der Waals surface area contributed by atoms with Gasteiger partial charge < -0.3 is 20.7 Å². The molecule has 1 fully saturated rings. The molecule has 2 aromatic carbocycles. The van der Waals surface area contributed by atoms with Crippen LogP contribution in [0.4, 0.5) is 14.6 Å². The molecule has 1 saturated heterocycles. The van der Waals surface area contributed by atoms with Crippen LogP contribution in [-0.4, -0.2) is 55.7 Å². The fourth-order valence-electron chi connectivity index (χ4n) is 5.22. The molecule has 0 atom stereocenters. The summed E-state index contributed by atoms with van der Waals surface area (Å²) in [5.41, 5.74) is 9.74. The number of ether oxygens (including phenoxy) is 1. The van der Waals surface area contributed by atoms with E-state index >= 15 is 4.39 Å². The lowest BCUT2D eigenvalue weighted by molar-refractivity contribution is 0.0945. The zero-order chi connectivity index (χ0) is 25.2. The number of rotatable bonds is 6. The molecule has 0 aliphatic carbocycles. The molecule has 3 aromatic rings. The van der Waals surface area contributed by atoms with Crippen LogP contribution >= 0.6 is 0 Å². The van der Waals surface area contributed by atoms with Gasteiger partial charge in [0.2, 0.25) is 5.95 Å². The monoisotopic (exact) mass is 492 g/mol. The molecule has 1 aromatic heterocycles. The van der Waals surface area contributed by atoms with Gasteiger partial charge >= 0.3 is 0 Å². The van der Waals surface area contributed by atoms with E-state index in [1.165, 1.54) is 11.6 Å². The topological polar surface area (TPSA) is 80.5 Å². The third-order valence-corrected chi connectivity index (χ3v) is 7.31. The number of halogens is 2. The van der Waals surface area contributed by atoms with Gasteiger partial charge in [-0.3, -0.25) is 4.79 Å². The summed E-state index contributed by atoms with van der Waals surface area (Å²) in [6.07, 6.45) is 2.73. The first-order valence-corrected chi connectivity index (χ1v) is 12.3. The van der Waals surface area contributed by atoms with Crippen molar-refractivity contribution in [3.63, 3.8) is 0 Å². The maximum atomic E-state index is 15.0. The van der Waals surface area contributed by atoms with Crippen molar-refractivity contribution in [2.45, 2.75) is 25.2 Å². The van der Waals surface area contributed by atoms with Crippen molar-refractivity contribution in [1.29, 1.82) is 0 Å². The number of hydrogen-bond donors (Lipinski definition) is 2. The van der Waals surface area contributed by atoms with E-state index in [9.17, 15) is 9.18 Å². The average Bonchev–Trinajstić information content (AvgIpc) is 2.89. The highest BCUT2D eigenvalue weighted by molar-refractivity contribution is 5.97. The average molecular weight is 493 g/mol. The summed E-state index contributed by atoms with van der Waals surface area (Å²) >= 11 is 0. The Morgan fingerprint density at radius 3 is 2.53 bits per heavy atom. The smallest absolute Gasteiger partial charge is 0.251 e. The number of nitrogens with two attached hydrogens (primary N) is 1. The number of piperidine rings is 1. The number of carbonyl (C=O) groups is 1. The first-order chi connectivity index (χ1) is 17.4. The van der Waals surface area contributed by atoms with Gasteiger partial charge in [-0.25, -0.2) is 9.37 Å². The molecule has 8 heteroatoms. The fourth-order valence-corrected chi connectivity index (χ4v) is 5.22. The van der Waals surface area contributed by atoms with Crippen LogP contribution in [0.3, 0.4) is 0 Å². The second kappa shape index (κ2) is 10.3. The molecule has 36 heavy (non-hydrogen) atoms. The van der Waals surface area contributed by atoms with Gasteiger partial charge in [0.15, 0.2) is 0 Å². The number of nitrogens with zero attached hydrogens (tertiary/aromatic N) is 2. The van der Waals surface area contributed by atoms with E-state index in [-0.39, 0.29) is 22.9 Å². The molecule has 0 unspecified atom stereocenters. The van der Waals surface area contributed by atoms with Crippen LogP contribution in [-0.2, 0) is 11.2 Å². The second-order valence-corrected chi connectivity index (χ2v) is 9.49. The van der Waals surface area contributed by atoms with E-state index in [2.05, 4.69) is 15.2 Å². The normalized spacial score (nSPS) is 16.6. The number of nitrogen functional groups attached to an aromatic ring is 1. The summed E-state index contributed by atoms with van der Waals surface area (Å²) in [6.45, 7) is 4.24. The van der Waals surface area contributed by atoms with Gasteiger partial charge in [0.1, 0.15) is 11.6 Å². The number of nitrogens with one attached hydrogen (secondary N) is 1. The summed E-state index contributed by atoms with van der Waals surface area (Å²) in [6, 6.07) is 12.3. The van der Waals surface area contributed by atoms with Gasteiger partial charge in [0, 0.05) is 42.5 Å². The zero-order valence-corrected chi connectivity index (χ0v) is 20.3. The Bertz CT molecular complexity index is 1270. The molecule has 188 valence electrons. The molecule has 0 bridgehead atoms. The van der Waals surface area contributed by atoms with Crippen LogP contribution in [0, 0.1) is 11.8 Å². The first-order valence-electron chi connectivity index (χ1n) is 12.3. The van der Waals surface area contributed by atoms with Gasteiger partial charge in [0.05, 0.1) is 6.61 Å². The van der Waals surface area contributed by atoms with E-state index in [4.69, 9.17) is 10.5 Å². The predicted molar refractivity (Wildman–Crippen MR) is 136 cm³/mol. The van der Waals surface area contributed by atoms with Crippen LogP contribution in [0.1, 0.15) is 40.2 Å². The molecular weight excluding hydrogens is 462 g/mol. The van der Waals surface area contributed by atoms with Crippen molar-refractivity contribution in [1.82, 2.24) is 15.2 Å². The summed E-state index contributed by atoms with van der Waals surface area (Å²) < 4.78 is 35.1. The van der Waals surface area contributed by atoms with E-state index < -0.39 is 11.8 Å². The van der Waals surface area contributed by atoms with Crippen molar-refractivity contribution in [3.8, 4) is 22.3 Å². The van der Waals surface area contributed by atoms with Gasteiger partial charge in [-0.05, 0) is 73.2 Å². The van der Waals surface area contributed by atoms with E-state index in [0.29, 0.717) is 35.6 Å². The van der Waals surface area contributed by atoms with Crippen molar-refractivity contribution in [2.24, 2.45) is 0 Å². The Hall–Kier alpha value is -3.36. The molecule has 0 saturated carbocycles. The first kappa shape index (κ1) is 24.3. The zero-order valence-electron chi connectivity index (χ0n) is 20.3. The second-order valence-electron chi connectivity index (χ2n) is 9.49. The molecule has 2 aliphatic heterocycles. The highest BCUT2D eigenvalue weighted by Gasteiger charge is 2.23. The van der Waals surface area contributed by atoms with Crippen molar-refractivity contribution in [2.75, 3.05) is 45.6 Å². The molecule has 0 radical (unpaired) electrons. The number of pyridine rings is 1. The van der Waals surface area contributed by atoms with Crippen LogP contribution in [0.2, 0.25) is 0 Å². The molecule has 5 rings (SSSR count). The molecule has 2 aliphatic rings. The molecule has 1 amide bonds. The number of hydrogen-bond acceptors (Lipinski definition) is 5. The molecule has 3 heterocycles. The Labute approximate surface area is 209 Å². The number of anilines is 1. The third-order valence-electron chi connectivity index (χ3n) is 7.31. The molecule has 0 spiro atoms. The van der Waals surface area contributed by atoms with Gasteiger partial charge in [-0.2, -0.15) is 4.39 Å². The van der Waals surface area contributed by atoms with Gasteiger partial charge in [0.25, 0.3) is 5.91 Å². The molecular formula is C28H30F2N4O2. The largest absolute Gasteiger partial charge is 0.383 e. The summed E-state index contributed by atoms with van der Waals surface area (Å²) in [4.78, 5) is 18.4. The minimum absolute atomic E-state index is 0.0905. The number of benzene rings is 2. The van der Waals surface area contributed by atoms with E-state index in [0.717, 1.165) is 44.6 Å². The number of carbonyl (C=O) groups excluding carboxylic acids is 1. The van der Waals surface area contributed by atoms with E-state index in [1.807, 2.05) is 24.3 Å². The minimum Gasteiger partial charge on any atom is -0.383 e. The third kappa shape index (κ3) is 4.83. The Kier molecular flexibility index (Phi) is 6.98. The van der Waals surface area contributed by atoms with Crippen LogP contribution in [0.15, 0.2) is 42.5 Å². The number of fused-ring (bicyclic) bond motifs is 1. The number of likely N-dealkylation sites (tertiary alicyclic amines) is 1. The number of amides is 1. The van der Waals surface area contributed by atoms with Crippen LogP contribution < -0.4 is 11.1 Å². The lowest BCUT2D eigenvalue weighted by Gasteiger charge is -2.32. The summed E-state index contributed by atoms with van der Waals surface area (Å²) in [7, 11) is 1.72. The SMILES string of the molecule is COCCN1CCC(c2ccc(-c3cc(-c4cc5c(cc4F)C(=O)NCC5)c(N)nc3F)cc2)CC1. The van der Waals surface area contributed by atoms with Crippen molar-refractivity contribution in [3.05, 3.63) is 70.9 Å². The molecule has 6 nitrogen and oxygen atoms in total. The summed E-state index contributed by atoms with van der Waals surface area (Å²) in [5, 5.41) is 2.71. The number of aromatic nitrogens is 1. The Morgan fingerprint density at radius 2 is 1.81 bits per heavy atom. The lowest BCUT2D eigenvalue weighted by atomic mass is 9.88. The highest BCUT2D eigenvalue weighted by atomic mass is 19.1. The minimum atomic E-state index is -0.701. The van der Waals surface area contributed by atoms with Crippen LogP contribution in [0.5, 0.6) is 0 Å². The fraction of sp³-hybridized carbons (Fsp3) is 0.357. The quantitative estimate of drug-likeness (QED) is 0.499. The predicted octanol–water partition coefficient (Wildman–Crippen LogP) is 4.39. The maximum absolute atomic E-state index is 15.0. The summed E-state index contributed by atoms with van der Waals surface area (Å²) in [5.74, 6) is -1.22. The van der Waals surface area contributed by atoms with Crippen molar-refractivity contribution < 1.29 is 18.3 Å². The number of methoxy groups -OCH3 is 1. The van der Waals surface area contributed by atoms with Crippen molar-refractivity contribution >= 4 is 11.7 Å². The Balaban J connectivity index is 1.40. The standard InChI is InChI=1S/C28H30F2N4O2/c1-36-13-12-34-10-7-18(8-11-34)17-2-4-19(5-3-17)21-15-24(27(31)33-26(21)30)23-14-20-6-9-32-28(35)22(20)16-25(23)29/h2-5,14-16,18H,6-13H2,1H3,(H2,31,33)(H,32,35). The lowest BCUT2D eigenvalue weighted by Crippen LogP contribution is -2.35. The van der Waals surface area contributed by atoms with Gasteiger partial charge in [-0.15, -0.1) is 0 Å². The maximum Gasteiger partial charge on any atom is 0.251 e. The van der Waals surface area contributed by atoms with E-state index in [1.54, 1.807) is 19.2 Å². The molecule has 3 N–H and O–H groups in total. The highest BCUT2D eigenvalue weighted by Crippen LogP contribution is 2.36. The van der Waals surface area contributed by atoms with Crippen LogP contribution in [0.25, 0.3) is 22.3 Å².